The summed E-state index contributed by atoms with van der Waals surface area (Å²) in [5.74, 6) is -1.22. The minimum Gasteiger partial charge on any atom is -0.495 e. The van der Waals surface area contributed by atoms with Crippen LogP contribution < -0.4 is 14.8 Å². The van der Waals surface area contributed by atoms with E-state index in [0.29, 0.717) is 12.2 Å². The Morgan fingerprint density at radius 3 is 2.67 bits per heavy atom. The van der Waals surface area contributed by atoms with Gasteiger partial charge in [0.1, 0.15) is 10.6 Å². The summed E-state index contributed by atoms with van der Waals surface area (Å²) in [5.41, 5.74) is 1.45. The Morgan fingerprint density at radius 2 is 2.00 bits per heavy atom. The highest BCUT2D eigenvalue weighted by molar-refractivity contribution is 7.92. The first kappa shape index (κ1) is 18.5. The number of sulfonamides is 1. The van der Waals surface area contributed by atoms with Crippen LogP contribution in [-0.4, -0.2) is 44.6 Å². The SMILES string of the molecule is COc1ccc(C(=O)O)cc1S(=O)(=O)Nc1ccc2c(c1)CN(C)C(=O)N2. The van der Waals surface area contributed by atoms with Crippen molar-refractivity contribution in [3.8, 4) is 5.75 Å². The van der Waals surface area contributed by atoms with Crippen LogP contribution >= 0.6 is 0 Å². The quantitative estimate of drug-likeness (QED) is 0.717. The first-order valence-electron chi connectivity index (χ1n) is 7.80. The molecule has 0 atom stereocenters. The molecule has 2 amide bonds. The Kier molecular flexibility index (Phi) is 4.66. The Labute approximate surface area is 155 Å². The van der Waals surface area contributed by atoms with Gasteiger partial charge in [0.25, 0.3) is 10.0 Å². The number of nitrogens with one attached hydrogen (secondary N) is 2. The number of carbonyl (C=O) groups is 2. The lowest BCUT2D eigenvalue weighted by molar-refractivity contribution is 0.0696. The molecule has 1 aliphatic heterocycles. The number of carboxylic acids is 1. The fourth-order valence-corrected chi connectivity index (χ4v) is 3.92. The smallest absolute Gasteiger partial charge is 0.335 e. The zero-order chi connectivity index (χ0) is 19.8. The van der Waals surface area contributed by atoms with Crippen molar-refractivity contribution in [2.24, 2.45) is 0 Å². The van der Waals surface area contributed by atoms with Crippen molar-refractivity contribution in [1.82, 2.24) is 4.90 Å². The second-order valence-corrected chi connectivity index (χ2v) is 7.59. The highest BCUT2D eigenvalue weighted by atomic mass is 32.2. The van der Waals surface area contributed by atoms with Crippen LogP contribution in [0.5, 0.6) is 5.75 Å². The Hall–Kier alpha value is -3.27. The molecule has 0 bridgehead atoms. The highest BCUT2D eigenvalue weighted by Gasteiger charge is 2.24. The maximum absolute atomic E-state index is 12.8. The van der Waals surface area contributed by atoms with Crippen molar-refractivity contribution in [3.05, 3.63) is 47.5 Å². The molecule has 2 aromatic rings. The van der Waals surface area contributed by atoms with Crippen molar-refractivity contribution in [2.75, 3.05) is 24.2 Å². The standard InChI is InChI=1S/C17H17N3O6S/c1-20-9-11-7-12(4-5-13(11)18-17(20)23)19-27(24,25)15-8-10(16(21)22)3-6-14(15)26-2/h3-8,19H,9H2,1-2H3,(H,18,23)(H,21,22). The van der Waals surface area contributed by atoms with Crippen molar-refractivity contribution in [2.45, 2.75) is 11.4 Å². The van der Waals surface area contributed by atoms with Crippen LogP contribution in [0.4, 0.5) is 16.2 Å². The largest absolute Gasteiger partial charge is 0.495 e. The van der Waals surface area contributed by atoms with E-state index in [-0.39, 0.29) is 27.9 Å². The topological polar surface area (TPSA) is 125 Å². The van der Waals surface area contributed by atoms with Crippen molar-refractivity contribution < 1.29 is 27.9 Å². The predicted molar refractivity (Wildman–Crippen MR) is 97.7 cm³/mol. The number of carbonyl (C=O) groups excluding carboxylic acids is 1. The number of methoxy groups -OCH3 is 1. The van der Waals surface area contributed by atoms with Gasteiger partial charge in [0.2, 0.25) is 0 Å². The number of urea groups is 1. The molecule has 0 saturated heterocycles. The van der Waals surface area contributed by atoms with E-state index in [0.717, 1.165) is 11.6 Å². The molecule has 0 aliphatic carbocycles. The summed E-state index contributed by atoms with van der Waals surface area (Å²) >= 11 is 0. The first-order valence-corrected chi connectivity index (χ1v) is 9.29. The van der Waals surface area contributed by atoms with E-state index in [9.17, 15) is 18.0 Å². The molecule has 0 saturated carbocycles. The minimum atomic E-state index is -4.10. The Balaban J connectivity index is 1.96. The van der Waals surface area contributed by atoms with Crippen LogP contribution in [0, 0.1) is 0 Å². The van der Waals surface area contributed by atoms with Gasteiger partial charge >= 0.3 is 12.0 Å². The van der Waals surface area contributed by atoms with Crippen LogP contribution in [-0.2, 0) is 16.6 Å². The van der Waals surface area contributed by atoms with Crippen molar-refractivity contribution >= 4 is 33.4 Å². The third-order valence-electron chi connectivity index (χ3n) is 4.05. The summed E-state index contributed by atoms with van der Waals surface area (Å²) in [5, 5.41) is 11.8. The van der Waals surface area contributed by atoms with Gasteiger partial charge in [-0.2, -0.15) is 0 Å². The van der Waals surface area contributed by atoms with Gasteiger partial charge in [-0.3, -0.25) is 4.72 Å². The van der Waals surface area contributed by atoms with Crippen molar-refractivity contribution in [1.29, 1.82) is 0 Å². The van der Waals surface area contributed by atoms with E-state index < -0.39 is 16.0 Å². The number of benzene rings is 2. The number of amides is 2. The van der Waals surface area contributed by atoms with Crippen LogP contribution in [0.25, 0.3) is 0 Å². The molecule has 3 N–H and O–H groups in total. The van der Waals surface area contributed by atoms with Crippen LogP contribution in [0.15, 0.2) is 41.3 Å². The number of anilines is 2. The van der Waals surface area contributed by atoms with E-state index in [1.807, 2.05) is 0 Å². The van der Waals surface area contributed by atoms with Gasteiger partial charge in [0.05, 0.1) is 12.7 Å². The molecular weight excluding hydrogens is 374 g/mol. The van der Waals surface area contributed by atoms with Crippen LogP contribution in [0.3, 0.4) is 0 Å². The molecule has 9 nitrogen and oxygen atoms in total. The van der Waals surface area contributed by atoms with Gasteiger partial charge in [0.15, 0.2) is 0 Å². The average Bonchev–Trinajstić information content (AvgIpc) is 2.62. The number of aromatic carboxylic acids is 1. The van der Waals surface area contributed by atoms with Gasteiger partial charge < -0.3 is 20.1 Å². The highest BCUT2D eigenvalue weighted by Crippen LogP contribution is 2.30. The van der Waals surface area contributed by atoms with Gasteiger partial charge in [-0.15, -0.1) is 0 Å². The summed E-state index contributed by atoms with van der Waals surface area (Å²) in [6, 6.07) is 8.06. The van der Waals surface area contributed by atoms with Crippen LogP contribution in [0.2, 0.25) is 0 Å². The fraction of sp³-hybridized carbons (Fsp3) is 0.176. The predicted octanol–water partition coefficient (Wildman–Crippen LogP) is 2.17. The molecule has 3 rings (SSSR count). The monoisotopic (exact) mass is 391 g/mol. The average molecular weight is 391 g/mol. The van der Waals surface area contributed by atoms with E-state index in [2.05, 4.69) is 10.0 Å². The number of ether oxygens (including phenoxy) is 1. The zero-order valence-corrected chi connectivity index (χ0v) is 15.3. The first-order chi connectivity index (χ1) is 12.7. The minimum absolute atomic E-state index is 0.0254. The third-order valence-corrected chi connectivity index (χ3v) is 5.46. The second-order valence-electron chi connectivity index (χ2n) is 5.93. The zero-order valence-electron chi connectivity index (χ0n) is 14.5. The molecule has 142 valence electrons. The normalized spacial score (nSPS) is 13.6. The Bertz CT molecular complexity index is 1030. The molecule has 0 radical (unpaired) electrons. The summed E-state index contributed by atoms with van der Waals surface area (Å²) in [4.78, 5) is 24.0. The lowest BCUT2D eigenvalue weighted by Gasteiger charge is -2.26. The van der Waals surface area contributed by atoms with E-state index in [1.54, 1.807) is 19.2 Å². The van der Waals surface area contributed by atoms with Crippen LogP contribution in [0.1, 0.15) is 15.9 Å². The summed E-state index contributed by atoms with van der Waals surface area (Å²) in [6.07, 6.45) is 0. The third kappa shape index (κ3) is 3.65. The molecule has 0 unspecified atom stereocenters. The van der Waals surface area contributed by atoms with Gasteiger partial charge in [-0.25, -0.2) is 18.0 Å². The molecule has 1 aliphatic rings. The molecule has 0 aromatic heterocycles. The second kappa shape index (κ2) is 6.80. The lowest BCUT2D eigenvalue weighted by Crippen LogP contribution is -2.35. The molecule has 2 aromatic carbocycles. The van der Waals surface area contributed by atoms with Gasteiger partial charge in [0, 0.05) is 25.0 Å². The van der Waals surface area contributed by atoms with Gasteiger partial charge in [-0.1, -0.05) is 0 Å². The number of fused-ring (bicyclic) bond motifs is 1. The van der Waals surface area contributed by atoms with E-state index in [4.69, 9.17) is 9.84 Å². The molecule has 0 fully saturated rings. The molecule has 27 heavy (non-hydrogen) atoms. The maximum Gasteiger partial charge on any atom is 0.335 e. The van der Waals surface area contributed by atoms with E-state index >= 15 is 0 Å². The number of hydrogen-bond acceptors (Lipinski definition) is 5. The maximum atomic E-state index is 12.8. The summed E-state index contributed by atoms with van der Waals surface area (Å²) in [7, 11) is -1.18. The molecular formula is C17H17N3O6S. The van der Waals surface area contributed by atoms with Gasteiger partial charge in [-0.05, 0) is 42.0 Å². The number of carboxylic acid groups (broad SMARTS) is 1. The number of hydrogen-bond donors (Lipinski definition) is 3. The Morgan fingerprint density at radius 1 is 1.26 bits per heavy atom. The molecule has 1 heterocycles. The van der Waals surface area contributed by atoms with Crippen molar-refractivity contribution in [3.63, 3.8) is 0 Å². The van der Waals surface area contributed by atoms with E-state index in [1.165, 1.54) is 30.2 Å². The number of nitrogens with zero attached hydrogens (tertiary/aromatic N) is 1. The molecule has 0 spiro atoms. The summed E-state index contributed by atoms with van der Waals surface area (Å²) in [6.45, 7) is 0.328. The fourth-order valence-electron chi connectivity index (χ4n) is 2.68. The number of rotatable bonds is 5. The summed E-state index contributed by atoms with van der Waals surface area (Å²) < 4.78 is 33.0. The lowest BCUT2D eigenvalue weighted by atomic mass is 10.1. The molecule has 10 heteroatoms.